The average molecular weight is 383 g/mol. The number of hydrogen-bond acceptors (Lipinski definition) is 5. The number of carbonyl (C=O) groups excluding carboxylic acids is 1. The standard InChI is InChI=1S/C18H20F3N3O3/c1-3-9-7-11(18(26)27-4-2)17(25)24-14(9)12(19)15(13(20)16(24)21)23-6-5-10(22)8-23/h7,10H,3-6,8,22H2,1-2H3. The summed E-state index contributed by atoms with van der Waals surface area (Å²) in [6, 6.07) is 0.900. The number of fused-ring (bicyclic) bond motifs is 1. The lowest BCUT2D eigenvalue weighted by atomic mass is 10.1. The maximum Gasteiger partial charge on any atom is 0.343 e. The second-order valence-corrected chi connectivity index (χ2v) is 6.41. The molecule has 1 fully saturated rings. The SMILES string of the molecule is CCOC(=O)c1cc(CC)c2c(F)c(N3CCC(N)C3)c(F)c(F)n2c1=O. The molecule has 2 aromatic rings. The van der Waals surface area contributed by atoms with E-state index in [9.17, 15) is 18.4 Å². The minimum atomic E-state index is -1.55. The van der Waals surface area contributed by atoms with Gasteiger partial charge in [-0.2, -0.15) is 8.78 Å². The zero-order chi connectivity index (χ0) is 19.9. The van der Waals surface area contributed by atoms with Crippen molar-refractivity contribution < 1.29 is 22.7 Å². The average Bonchev–Trinajstić information content (AvgIpc) is 3.05. The fraction of sp³-hybridized carbons (Fsp3) is 0.444. The number of carbonyl (C=O) groups is 1. The van der Waals surface area contributed by atoms with Crippen molar-refractivity contribution in [1.82, 2.24) is 4.40 Å². The Labute approximate surface area is 153 Å². The highest BCUT2D eigenvalue weighted by molar-refractivity contribution is 5.90. The van der Waals surface area contributed by atoms with Gasteiger partial charge in [0.05, 0.1) is 12.1 Å². The van der Waals surface area contributed by atoms with Crippen LogP contribution in [0.3, 0.4) is 0 Å². The summed E-state index contributed by atoms with van der Waals surface area (Å²) in [5.41, 5.74) is 3.42. The van der Waals surface area contributed by atoms with Crippen molar-refractivity contribution in [3.05, 3.63) is 45.1 Å². The second kappa shape index (κ2) is 7.22. The molecular formula is C18H20F3N3O3. The van der Waals surface area contributed by atoms with Gasteiger partial charge in [0, 0.05) is 19.1 Å². The van der Waals surface area contributed by atoms with Crippen molar-refractivity contribution in [2.24, 2.45) is 5.73 Å². The van der Waals surface area contributed by atoms with Gasteiger partial charge in [0.1, 0.15) is 11.3 Å². The molecule has 2 N–H and O–H groups in total. The van der Waals surface area contributed by atoms with Crippen LogP contribution in [0.4, 0.5) is 18.9 Å². The number of nitrogens with zero attached hydrogens (tertiary/aromatic N) is 2. The number of anilines is 1. The lowest BCUT2D eigenvalue weighted by molar-refractivity contribution is 0.0524. The highest BCUT2D eigenvalue weighted by Crippen LogP contribution is 2.32. The lowest BCUT2D eigenvalue weighted by Gasteiger charge is -2.22. The number of rotatable bonds is 4. The molecule has 146 valence electrons. The Kier molecular flexibility index (Phi) is 5.14. The molecule has 0 bridgehead atoms. The van der Waals surface area contributed by atoms with Gasteiger partial charge >= 0.3 is 5.97 Å². The van der Waals surface area contributed by atoms with Crippen LogP contribution in [0.15, 0.2) is 10.9 Å². The molecule has 1 saturated heterocycles. The molecule has 27 heavy (non-hydrogen) atoms. The first kappa shape index (κ1) is 19.2. The van der Waals surface area contributed by atoms with Crippen molar-refractivity contribution >= 4 is 17.2 Å². The number of aromatic nitrogens is 1. The van der Waals surface area contributed by atoms with Crippen molar-refractivity contribution in [3.8, 4) is 0 Å². The number of hydrogen-bond donors (Lipinski definition) is 1. The summed E-state index contributed by atoms with van der Waals surface area (Å²) in [7, 11) is 0. The van der Waals surface area contributed by atoms with Crippen LogP contribution in [-0.4, -0.2) is 36.1 Å². The van der Waals surface area contributed by atoms with E-state index in [-0.39, 0.29) is 47.6 Å². The van der Waals surface area contributed by atoms with E-state index in [2.05, 4.69) is 0 Å². The number of ether oxygens (including phenoxy) is 1. The summed E-state index contributed by atoms with van der Waals surface area (Å²) < 4.78 is 49.8. The molecule has 9 heteroatoms. The van der Waals surface area contributed by atoms with Gasteiger partial charge in [-0.25, -0.2) is 13.6 Å². The third-order valence-corrected chi connectivity index (χ3v) is 4.70. The van der Waals surface area contributed by atoms with E-state index in [1.54, 1.807) is 13.8 Å². The van der Waals surface area contributed by atoms with Gasteiger partial charge in [-0.05, 0) is 31.4 Å². The molecule has 0 amide bonds. The molecule has 1 atom stereocenters. The third kappa shape index (κ3) is 3.05. The number of esters is 1. The maximum atomic E-state index is 15.2. The van der Waals surface area contributed by atoms with Crippen LogP contribution < -0.4 is 16.2 Å². The van der Waals surface area contributed by atoms with E-state index >= 15 is 4.39 Å². The zero-order valence-electron chi connectivity index (χ0n) is 15.0. The first-order valence-corrected chi connectivity index (χ1v) is 8.74. The normalized spacial score (nSPS) is 17.0. The van der Waals surface area contributed by atoms with Crippen LogP contribution in [0.1, 0.15) is 36.2 Å². The summed E-state index contributed by atoms with van der Waals surface area (Å²) in [4.78, 5) is 25.9. The molecule has 1 aliphatic rings. The minimum absolute atomic E-state index is 0.00178. The van der Waals surface area contributed by atoms with Gasteiger partial charge in [-0.3, -0.25) is 4.79 Å². The van der Waals surface area contributed by atoms with E-state index in [1.807, 2.05) is 0 Å². The fourth-order valence-electron chi connectivity index (χ4n) is 3.39. The highest BCUT2D eigenvalue weighted by Gasteiger charge is 2.31. The fourth-order valence-corrected chi connectivity index (χ4v) is 3.39. The van der Waals surface area contributed by atoms with E-state index in [0.717, 1.165) is 0 Å². The predicted octanol–water partition coefficient (Wildman–Crippen LogP) is 1.99. The number of halogens is 3. The number of nitrogens with two attached hydrogens (primary N) is 1. The van der Waals surface area contributed by atoms with E-state index < -0.39 is 40.4 Å². The molecule has 1 aliphatic heterocycles. The molecule has 0 aliphatic carbocycles. The van der Waals surface area contributed by atoms with Crippen molar-refractivity contribution in [2.45, 2.75) is 32.7 Å². The summed E-state index contributed by atoms with van der Waals surface area (Å²) in [5.74, 6) is -5.05. The van der Waals surface area contributed by atoms with Gasteiger partial charge in [0.25, 0.3) is 5.56 Å². The summed E-state index contributed by atoms with van der Waals surface area (Å²) in [6.07, 6.45) is 0.706. The first-order chi connectivity index (χ1) is 12.8. The van der Waals surface area contributed by atoms with E-state index in [1.165, 1.54) is 11.0 Å². The Morgan fingerprint density at radius 2 is 2.00 bits per heavy atom. The van der Waals surface area contributed by atoms with Crippen LogP contribution in [-0.2, 0) is 11.2 Å². The Morgan fingerprint density at radius 3 is 2.56 bits per heavy atom. The van der Waals surface area contributed by atoms with Crippen LogP contribution in [0.5, 0.6) is 0 Å². The molecule has 2 aromatic heterocycles. The predicted molar refractivity (Wildman–Crippen MR) is 93.7 cm³/mol. The molecule has 3 heterocycles. The Morgan fingerprint density at radius 1 is 1.30 bits per heavy atom. The Hall–Kier alpha value is -2.55. The van der Waals surface area contributed by atoms with Crippen LogP contribution >= 0.6 is 0 Å². The van der Waals surface area contributed by atoms with Crippen LogP contribution in [0, 0.1) is 17.6 Å². The molecule has 3 rings (SSSR count). The lowest BCUT2D eigenvalue weighted by Crippen LogP contribution is -2.31. The van der Waals surface area contributed by atoms with Crippen LogP contribution in [0.25, 0.3) is 5.52 Å². The monoisotopic (exact) mass is 383 g/mol. The van der Waals surface area contributed by atoms with Gasteiger partial charge in [-0.15, -0.1) is 0 Å². The molecule has 0 saturated carbocycles. The number of aryl methyl sites for hydroxylation is 1. The topological polar surface area (TPSA) is 77.0 Å². The smallest absolute Gasteiger partial charge is 0.343 e. The van der Waals surface area contributed by atoms with E-state index in [0.29, 0.717) is 6.42 Å². The Bertz CT molecular complexity index is 974. The Balaban J connectivity index is 2.36. The summed E-state index contributed by atoms with van der Waals surface area (Å²) in [6.45, 7) is 3.65. The molecule has 1 unspecified atom stereocenters. The van der Waals surface area contributed by atoms with E-state index in [4.69, 9.17) is 10.5 Å². The third-order valence-electron chi connectivity index (χ3n) is 4.70. The number of pyridine rings is 2. The second-order valence-electron chi connectivity index (χ2n) is 6.41. The van der Waals surface area contributed by atoms with Crippen LogP contribution in [0.2, 0.25) is 0 Å². The van der Waals surface area contributed by atoms with Crippen molar-refractivity contribution in [3.63, 3.8) is 0 Å². The van der Waals surface area contributed by atoms with Crippen molar-refractivity contribution in [1.29, 1.82) is 0 Å². The molecule has 0 spiro atoms. The van der Waals surface area contributed by atoms with Crippen molar-refractivity contribution in [2.75, 3.05) is 24.6 Å². The van der Waals surface area contributed by atoms with Gasteiger partial charge in [0.15, 0.2) is 5.82 Å². The summed E-state index contributed by atoms with van der Waals surface area (Å²) >= 11 is 0. The summed E-state index contributed by atoms with van der Waals surface area (Å²) in [5, 5.41) is 0. The molecule has 0 radical (unpaired) electrons. The quantitative estimate of drug-likeness (QED) is 0.646. The first-order valence-electron chi connectivity index (χ1n) is 8.74. The highest BCUT2D eigenvalue weighted by atomic mass is 19.2. The molecule has 6 nitrogen and oxygen atoms in total. The van der Waals surface area contributed by atoms with Gasteiger partial charge in [-0.1, -0.05) is 6.92 Å². The maximum absolute atomic E-state index is 15.2. The van der Waals surface area contributed by atoms with Gasteiger partial charge in [0.2, 0.25) is 11.8 Å². The molecule has 0 aromatic carbocycles. The zero-order valence-corrected chi connectivity index (χ0v) is 15.0. The minimum Gasteiger partial charge on any atom is -0.462 e. The molecular weight excluding hydrogens is 363 g/mol. The van der Waals surface area contributed by atoms with Gasteiger partial charge < -0.3 is 15.4 Å². The largest absolute Gasteiger partial charge is 0.462 e.